The molecule has 19 heavy (non-hydrogen) atoms. The van der Waals surface area contributed by atoms with Crippen LogP contribution < -0.4 is 5.32 Å². The second-order valence-electron chi connectivity index (χ2n) is 4.89. The molecule has 0 amide bonds. The maximum Gasteiger partial charge on any atom is 0.161 e. The average molecular weight is 335 g/mol. The summed E-state index contributed by atoms with van der Waals surface area (Å²) in [5.41, 5.74) is 1.11. The van der Waals surface area contributed by atoms with Crippen molar-refractivity contribution in [3.05, 3.63) is 40.9 Å². The van der Waals surface area contributed by atoms with Gasteiger partial charge in [0, 0.05) is 22.5 Å². The van der Waals surface area contributed by atoms with E-state index >= 15 is 0 Å². The van der Waals surface area contributed by atoms with E-state index in [2.05, 4.69) is 69.6 Å². The summed E-state index contributed by atoms with van der Waals surface area (Å²) >= 11 is 5.30. The summed E-state index contributed by atoms with van der Waals surface area (Å²) in [5.74, 6) is 1.83. The second kappa shape index (κ2) is 5.55. The standard InChI is InChI=1S/C15H15BrN2S/c1-10-8-17-15(19-9-10)18-14-5-3-11-6-13(16)4-2-12(11)7-14/h2-7,10H,8-9H2,1H3,(H,17,18). The molecule has 1 aliphatic heterocycles. The van der Waals surface area contributed by atoms with E-state index in [-0.39, 0.29) is 0 Å². The molecule has 0 saturated carbocycles. The van der Waals surface area contributed by atoms with Crippen molar-refractivity contribution in [1.82, 2.24) is 0 Å². The lowest BCUT2D eigenvalue weighted by Gasteiger charge is -2.18. The number of rotatable bonds is 1. The van der Waals surface area contributed by atoms with E-state index in [4.69, 9.17) is 0 Å². The molecule has 0 radical (unpaired) electrons. The molecule has 0 aromatic heterocycles. The summed E-state index contributed by atoms with van der Waals surface area (Å²) in [6.07, 6.45) is 0. The minimum atomic E-state index is 0.685. The molecule has 0 spiro atoms. The van der Waals surface area contributed by atoms with Crippen molar-refractivity contribution >= 4 is 49.3 Å². The fourth-order valence-corrected chi connectivity index (χ4v) is 3.33. The van der Waals surface area contributed by atoms with Crippen LogP contribution in [0.15, 0.2) is 45.9 Å². The zero-order valence-electron chi connectivity index (χ0n) is 10.7. The van der Waals surface area contributed by atoms with Crippen molar-refractivity contribution in [2.75, 3.05) is 17.6 Å². The average Bonchev–Trinajstić information content (AvgIpc) is 2.42. The normalized spacial score (nSPS) is 19.3. The zero-order chi connectivity index (χ0) is 13.2. The number of anilines is 1. The first-order chi connectivity index (χ1) is 9.20. The molecule has 0 saturated heterocycles. The molecule has 0 bridgehead atoms. The molecule has 1 N–H and O–H groups in total. The lowest BCUT2D eigenvalue weighted by molar-refractivity contribution is 0.674. The van der Waals surface area contributed by atoms with Gasteiger partial charge in [-0.3, -0.25) is 4.99 Å². The molecule has 1 atom stereocenters. The van der Waals surface area contributed by atoms with Crippen LogP contribution in [-0.2, 0) is 0 Å². The first kappa shape index (κ1) is 13.0. The van der Waals surface area contributed by atoms with E-state index in [9.17, 15) is 0 Å². The molecule has 1 aliphatic rings. The van der Waals surface area contributed by atoms with Crippen molar-refractivity contribution in [3.63, 3.8) is 0 Å². The van der Waals surface area contributed by atoms with Gasteiger partial charge < -0.3 is 5.32 Å². The number of halogens is 1. The number of hydrogen-bond acceptors (Lipinski definition) is 3. The van der Waals surface area contributed by atoms with Crippen LogP contribution in [-0.4, -0.2) is 17.5 Å². The van der Waals surface area contributed by atoms with Gasteiger partial charge in [-0.05, 0) is 41.0 Å². The van der Waals surface area contributed by atoms with E-state index in [1.807, 2.05) is 0 Å². The molecular formula is C15H15BrN2S. The molecule has 2 aromatic carbocycles. The van der Waals surface area contributed by atoms with Gasteiger partial charge in [0.25, 0.3) is 0 Å². The van der Waals surface area contributed by atoms with E-state index in [1.54, 1.807) is 11.8 Å². The SMILES string of the molecule is CC1CN=C(Nc2ccc3cc(Br)ccc3c2)SC1. The molecule has 98 valence electrons. The summed E-state index contributed by atoms with van der Waals surface area (Å²) in [4.78, 5) is 4.56. The summed E-state index contributed by atoms with van der Waals surface area (Å²) < 4.78 is 1.11. The highest BCUT2D eigenvalue weighted by atomic mass is 79.9. The molecule has 0 fully saturated rings. The molecule has 1 heterocycles. The van der Waals surface area contributed by atoms with Crippen LogP contribution >= 0.6 is 27.7 Å². The first-order valence-corrected chi connectivity index (χ1v) is 8.12. The van der Waals surface area contributed by atoms with Crippen molar-refractivity contribution in [1.29, 1.82) is 0 Å². The highest BCUT2D eigenvalue weighted by molar-refractivity contribution is 9.10. The van der Waals surface area contributed by atoms with E-state index in [0.717, 1.165) is 27.6 Å². The van der Waals surface area contributed by atoms with Gasteiger partial charge in [-0.25, -0.2) is 0 Å². The summed E-state index contributed by atoms with van der Waals surface area (Å²) in [6.45, 7) is 3.16. The smallest absolute Gasteiger partial charge is 0.161 e. The van der Waals surface area contributed by atoms with Crippen molar-refractivity contribution in [3.8, 4) is 0 Å². The third-order valence-corrected chi connectivity index (χ3v) is 4.84. The van der Waals surface area contributed by atoms with Gasteiger partial charge in [-0.2, -0.15) is 0 Å². The van der Waals surface area contributed by atoms with E-state index < -0.39 is 0 Å². The van der Waals surface area contributed by atoms with E-state index in [0.29, 0.717) is 5.92 Å². The van der Waals surface area contributed by atoms with Gasteiger partial charge in [-0.1, -0.05) is 46.7 Å². The second-order valence-corrected chi connectivity index (χ2v) is 6.82. The molecule has 1 unspecified atom stereocenters. The Labute approximate surface area is 125 Å². The summed E-state index contributed by atoms with van der Waals surface area (Å²) in [5, 5.41) is 6.93. The third kappa shape index (κ3) is 3.12. The van der Waals surface area contributed by atoms with Gasteiger partial charge in [0.1, 0.15) is 0 Å². The van der Waals surface area contributed by atoms with Crippen molar-refractivity contribution < 1.29 is 0 Å². The predicted molar refractivity (Wildman–Crippen MR) is 89.2 cm³/mol. The number of hydrogen-bond donors (Lipinski definition) is 1. The molecule has 4 heteroatoms. The van der Waals surface area contributed by atoms with E-state index in [1.165, 1.54) is 10.8 Å². The molecular weight excluding hydrogens is 320 g/mol. The molecule has 0 aliphatic carbocycles. The summed E-state index contributed by atoms with van der Waals surface area (Å²) in [6, 6.07) is 12.7. The number of amidine groups is 1. The van der Waals surface area contributed by atoms with Crippen LogP contribution in [0, 0.1) is 5.92 Å². The Bertz CT molecular complexity index is 639. The fourth-order valence-electron chi connectivity index (χ4n) is 2.05. The quantitative estimate of drug-likeness (QED) is 0.813. The Hall–Kier alpha value is -1.00. The molecule has 3 rings (SSSR count). The number of benzene rings is 2. The van der Waals surface area contributed by atoms with Crippen LogP contribution in [0.2, 0.25) is 0 Å². The van der Waals surface area contributed by atoms with Crippen molar-refractivity contribution in [2.24, 2.45) is 10.9 Å². The lowest BCUT2D eigenvalue weighted by Crippen LogP contribution is -2.18. The minimum absolute atomic E-state index is 0.685. The Morgan fingerprint density at radius 3 is 2.79 bits per heavy atom. The number of aliphatic imine (C=N–C) groups is 1. The van der Waals surface area contributed by atoms with Crippen LogP contribution in [0.4, 0.5) is 5.69 Å². The van der Waals surface area contributed by atoms with Crippen LogP contribution in [0.1, 0.15) is 6.92 Å². The predicted octanol–water partition coefficient (Wildman–Crippen LogP) is 4.75. The Morgan fingerprint density at radius 1 is 1.21 bits per heavy atom. The molecule has 2 nitrogen and oxygen atoms in total. The van der Waals surface area contributed by atoms with Crippen molar-refractivity contribution in [2.45, 2.75) is 6.92 Å². The molecule has 2 aromatic rings. The zero-order valence-corrected chi connectivity index (χ0v) is 13.1. The number of fused-ring (bicyclic) bond motifs is 1. The number of nitrogens with one attached hydrogen (secondary N) is 1. The monoisotopic (exact) mass is 334 g/mol. The van der Waals surface area contributed by atoms with Crippen LogP contribution in [0.3, 0.4) is 0 Å². The van der Waals surface area contributed by atoms with Gasteiger partial charge >= 0.3 is 0 Å². The van der Waals surface area contributed by atoms with Crippen LogP contribution in [0.5, 0.6) is 0 Å². The topological polar surface area (TPSA) is 24.4 Å². The largest absolute Gasteiger partial charge is 0.335 e. The fraction of sp³-hybridized carbons (Fsp3) is 0.267. The highest BCUT2D eigenvalue weighted by Gasteiger charge is 2.12. The van der Waals surface area contributed by atoms with Crippen LogP contribution in [0.25, 0.3) is 10.8 Å². The first-order valence-electron chi connectivity index (χ1n) is 6.34. The Morgan fingerprint density at radius 2 is 2.00 bits per heavy atom. The lowest BCUT2D eigenvalue weighted by atomic mass is 10.1. The number of thioether (sulfide) groups is 1. The maximum atomic E-state index is 4.56. The Kier molecular flexibility index (Phi) is 3.80. The van der Waals surface area contributed by atoms with Gasteiger partial charge in [0.2, 0.25) is 0 Å². The Balaban J connectivity index is 1.84. The third-order valence-electron chi connectivity index (χ3n) is 3.10. The highest BCUT2D eigenvalue weighted by Crippen LogP contribution is 2.25. The van der Waals surface area contributed by atoms with Gasteiger partial charge in [-0.15, -0.1) is 0 Å². The maximum absolute atomic E-state index is 4.56. The minimum Gasteiger partial charge on any atom is -0.335 e. The number of nitrogens with zero attached hydrogens (tertiary/aromatic N) is 1. The summed E-state index contributed by atoms with van der Waals surface area (Å²) in [7, 11) is 0. The van der Waals surface area contributed by atoms with Gasteiger partial charge in [0.05, 0.1) is 0 Å². The van der Waals surface area contributed by atoms with Gasteiger partial charge in [0.15, 0.2) is 5.17 Å².